The number of hydrogen-bond donors (Lipinski definition) is 0. The second-order valence-corrected chi connectivity index (χ2v) is 4.80. The van der Waals surface area contributed by atoms with Crippen molar-refractivity contribution in [1.82, 2.24) is 9.78 Å². The van der Waals surface area contributed by atoms with Gasteiger partial charge in [0.1, 0.15) is 5.75 Å². The molecule has 0 spiro atoms. The maximum atomic E-state index is 5.75. The molecule has 0 aliphatic carbocycles. The van der Waals surface area contributed by atoms with Gasteiger partial charge in [0.2, 0.25) is 0 Å². The Kier molecular flexibility index (Phi) is 5.09. The van der Waals surface area contributed by atoms with Crippen LogP contribution in [0, 0.1) is 18.8 Å². The molecule has 20 heavy (non-hydrogen) atoms. The number of nitrogens with zero attached hydrogens (tertiary/aromatic N) is 2. The van der Waals surface area contributed by atoms with E-state index in [0.717, 1.165) is 23.3 Å². The van der Waals surface area contributed by atoms with Gasteiger partial charge < -0.3 is 4.74 Å². The molecular formula is C16H17ClN2O. The highest BCUT2D eigenvalue weighted by atomic mass is 35.5. The lowest BCUT2D eigenvalue weighted by Crippen LogP contribution is -2.01. The molecule has 0 saturated carbocycles. The molecule has 0 aliphatic heterocycles. The quantitative estimate of drug-likeness (QED) is 0.639. The summed E-state index contributed by atoms with van der Waals surface area (Å²) in [6.45, 7) is 2.66. The van der Waals surface area contributed by atoms with Crippen LogP contribution in [0.5, 0.6) is 5.75 Å². The van der Waals surface area contributed by atoms with Crippen molar-refractivity contribution in [3.8, 4) is 17.6 Å². The summed E-state index contributed by atoms with van der Waals surface area (Å²) in [7, 11) is 1.91. The average Bonchev–Trinajstić information content (AvgIpc) is 2.84. The van der Waals surface area contributed by atoms with Crippen LogP contribution in [0.25, 0.3) is 0 Å². The zero-order valence-corrected chi connectivity index (χ0v) is 12.4. The van der Waals surface area contributed by atoms with Crippen LogP contribution >= 0.6 is 11.6 Å². The third-order valence-electron chi connectivity index (χ3n) is 2.91. The predicted molar refractivity (Wildman–Crippen MR) is 81.2 cm³/mol. The molecule has 0 aliphatic rings. The summed E-state index contributed by atoms with van der Waals surface area (Å²) >= 11 is 5.56. The van der Waals surface area contributed by atoms with E-state index in [0.29, 0.717) is 12.5 Å². The molecule has 0 bridgehead atoms. The van der Waals surface area contributed by atoms with Gasteiger partial charge in [0.25, 0.3) is 0 Å². The van der Waals surface area contributed by atoms with Crippen molar-refractivity contribution in [3.63, 3.8) is 0 Å². The van der Waals surface area contributed by atoms with E-state index in [1.807, 2.05) is 44.6 Å². The summed E-state index contributed by atoms with van der Waals surface area (Å²) in [4.78, 5) is 0. The van der Waals surface area contributed by atoms with E-state index < -0.39 is 0 Å². The van der Waals surface area contributed by atoms with Crippen molar-refractivity contribution in [2.24, 2.45) is 7.05 Å². The Morgan fingerprint density at radius 1 is 1.40 bits per heavy atom. The van der Waals surface area contributed by atoms with Crippen LogP contribution in [0.3, 0.4) is 0 Å². The van der Waals surface area contributed by atoms with Crippen molar-refractivity contribution < 1.29 is 4.74 Å². The zero-order valence-electron chi connectivity index (χ0n) is 11.7. The Morgan fingerprint density at radius 2 is 2.25 bits per heavy atom. The van der Waals surface area contributed by atoms with Crippen molar-refractivity contribution in [1.29, 1.82) is 0 Å². The fourth-order valence-corrected chi connectivity index (χ4v) is 1.95. The number of aryl methyl sites for hydroxylation is 2. The molecule has 0 fully saturated rings. The van der Waals surface area contributed by atoms with Gasteiger partial charge >= 0.3 is 0 Å². The van der Waals surface area contributed by atoms with E-state index in [4.69, 9.17) is 16.3 Å². The maximum absolute atomic E-state index is 5.75. The summed E-state index contributed by atoms with van der Waals surface area (Å²) in [6, 6.07) is 5.91. The van der Waals surface area contributed by atoms with Crippen molar-refractivity contribution >= 4 is 11.6 Å². The first-order valence-corrected chi connectivity index (χ1v) is 6.98. The third-order valence-corrected chi connectivity index (χ3v) is 3.04. The first-order chi connectivity index (χ1) is 9.69. The SMILES string of the molecule is Cc1cc(OCCc2cnn(C)c2)ccc1C#CCCl. The number of rotatable bonds is 4. The maximum Gasteiger partial charge on any atom is 0.119 e. The van der Waals surface area contributed by atoms with E-state index in [2.05, 4.69) is 16.9 Å². The zero-order chi connectivity index (χ0) is 14.4. The fourth-order valence-electron chi connectivity index (χ4n) is 1.88. The van der Waals surface area contributed by atoms with Crippen molar-refractivity contribution in [3.05, 3.63) is 47.3 Å². The molecule has 0 amide bonds. The van der Waals surface area contributed by atoms with Crippen LogP contribution in [-0.4, -0.2) is 22.3 Å². The van der Waals surface area contributed by atoms with E-state index in [1.54, 1.807) is 4.68 Å². The Morgan fingerprint density at radius 3 is 2.90 bits per heavy atom. The molecule has 1 aromatic carbocycles. The molecule has 1 aromatic heterocycles. The first kappa shape index (κ1) is 14.5. The molecule has 104 valence electrons. The number of aromatic nitrogens is 2. The van der Waals surface area contributed by atoms with Gasteiger partial charge in [-0.3, -0.25) is 4.68 Å². The van der Waals surface area contributed by atoms with E-state index in [1.165, 1.54) is 5.56 Å². The molecule has 1 heterocycles. The minimum atomic E-state index is 0.350. The normalized spacial score (nSPS) is 9.95. The predicted octanol–water partition coefficient (Wildman–Crippen LogP) is 2.94. The highest BCUT2D eigenvalue weighted by Crippen LogP contribution is 2.17. The van der Waals surface area contributed by atoms with Crippen LogP contribution in [0.1, 0.15) is 16.7 Å². The third kappa shape index (κ3) is 4.04. The molecule has 0 N–H and O–H groups in total. The highest BCUT2D eigenvalue weighted by molar-refractivity contribution is 6.19. The van der Waals surface area contributed by atoms with Gasteiger partial charge in [0, 0.05) is 25.2 Å². The lowest BCUT2D eigenvalue weighted by atomic mass is 10.1. The minimum Gasteiger partial charge on any atom is -0.493 e. The summed E-state index contributed by atoms with van der Waals surface area (Å²) in [5.74, 6) is 7.10. The van der Waals surface area contributed by atoms with E-state index >= 15 is 0 Å². The summed E-state index contributed by atoms with van der Waals surface area (Å²) < 4.78 is 7.54. The number of halogens is 1. The number of benzene rings is 1. The van der Waals surface area contributed by atoms with Crippen LogP contribution in [0.4, 0.5) is 0 Å². The Balaban J connectivity index is 1.91. The number of hydrogen-bond acceptors (Lipinski definition) is 2. The second kappa shape index (κ2) is 7.02. The molecule has 2 rings (SSSR count). The lowest BCUT2D eigenvalue weighted by molar-refractivity contribution is 0.321. The average molecular weight is 289 g/mol. The van der Waals surface area contributed by atoms with Crippen LogP contribution in [0.2, 0.25) is 0 Å². The fraction of sp³-hybridized carbons (Fsp3) is 0.312. The summed E-state index contributed by atoms with van der Waals surface area (Å²) in [6.07, 6.45) is 4.71. The van der Waals surface area contributed by atoms with Gasteiger partial charge in [0.15, 0.2) is 0 Å². The standard InChI is InChI=1S/C16H17ClN2O/c1-13-10-16(6-5-15(13)4-3-8-17)20-9-7-14-11-18-19(2)12-14/h5-6,10-12H,7-9H2,1-2H3. The highest BCUT2D eigenvalue weighted by Gasteiger charge is 2.00. The Labute approximate surface area is 124 Å². The monoisotopic (exact) mass is 288 g/mol. The minimum absolute atomic E-state index is 0.350. The molecule has 3 nitrogen and oxygen atoms in total. The molecular weight excluding hydrogens is 272 g/mol. The Bertz CT molecular complexity index is 637. The molecule has 0 atom stereocenters. The van der Waals surface area contributed by atoms with Crippen LogP contribution < -0.4 is 4.74 Å². The van der Waals surface area contributed by atoms with Gasteiger partial charge in [-0.1, -0.05) is 11.8 Å². The van der Waals surface area contributed by atoms with Crippen molar-refractivity contribution in [2.45, 2.75) is 13.3 Å². The first-order valence-electron chi connectivity index (χ1n) is 6.45. The van der Waals surface area contributed by atoms with Gasteiger partial charge in [-0.2, -0.15) is 5.10 Å². The molecule has 0 saturated heterocycles. The lowest BCUT2D eigenvalue weighted by Gasteiger charge is -2.07. The molecule has 0 radical (unpaired) electrons. The van der Waals surface area contributed by atoms with Crippen LogP contribution in [0.15, 0.2) is 30.6 Å². The Hall–Kier alpha value is -1.92. The number of alkyl halides is 1. The molecule has 0 unspecified atom stereocenters. The largest absolute Gasteiger partial charge is 0.493 e. The topological polar surface area (TPSA) is 27.1 Å². The van der Waals surface area contributed by atoms with Gasteiger partial charge in [-0.15, -0.1) is 11.6 Å². The van der Waals surface area contributed by atoms with Gasteiger partial charge in [0.05, 0.1) is 18.7 Å². The van der Waals surface area contributed by atoms with Crippen LogP contribution in [-0.2, 0) is 13.5 Å². The van der Waals surface area contributed by atoms with E-state index in [-0.39, 0.29) is 0 Å². The van der Waals surface area contributed by atoms with E-state index in [9.17, 15) is 0 Å². The van der Waals surface area contributed by atoms with Gasteiger partial charge in [-0.25, -0.2) is 0 Å². The molecule has 2 aromatic rings. The summed E-state index contributed by atoms with van der Waals surface area (Å²) in [5, 5.41) is 4.13. The van der Waals surface area contributed by atoms with Gasteiger partial charge in [-0.05, 0) is 36.2 Å². The smallest absolute Gasteiger partial charge is 0.119 e. The van der Waals surface area contributed by atoms with Crippen molar-refractivity contribution in [2.75, 3.05) is 12.5 Å². The number of ether oxygens (including phenoxy) is 1. The second-order valence-electron chi connectivity index (χ2n) is 4.53. The molecule has 4 heteroatoms. The summed E-state index contributed by atoms with van der Waals surface area (Å²) in [5.41, 5.74) is 3.26.